The number of aliphatic hydroxyl groups excluding tert-OH is 14. The Morgan fingerprint density at radius 2 is 1.08 bits per heavy atom. The largest absolute Gasteiger partial charge is 0.477 e. The number of carbonyl (C=O) groups is 4. The van der Waals surface area contributed by atoms with Gasteiger partial charge in [-0.05, 0) is 13.0 Å². The Balaban J connectivity index is 1.35. The molecule has 0 radical (unpaired) electrons. The molecular formula is C42H72N4O29. The number of carboxylic acid groups (broad SMARTS) is 1. The van der Waals surface area contributed by atoms with Crippen LogP contribution < -0.4 is 21.7 Å². The summed E-state index contributed by atoms with van der Waals surface area (Å²) in [4.78, 5) is 49.4. The van der Waals surface area contributed by atoms with Crippen molar-refractivity contribution in [1.29, 1.82) is 0 Å². The first-order valence-corrected chi connectivity index (χ1v) is 23.9. The van der Waals surface area contributed by atoms with Gasteiger partial charge in [0.2, 0.25) is 17.7 Å². The van der Waals surface area contributed by atoms with E-state index in [-0.39, 0.29) is 13.2 Å². The van der Waals surface area contributed by atoms with Crippen molar-refractivity contribution in [3.8, 4) is 0 Å². The van der Waals surface area contributed by atoms with Crippen LogP contribution in [0.3, 0.4) is 0 Å². The van der Waals surface area contributed by atoms with Crippen molar-refractivity contribution in [3.63, 3.8) is 0 Å². The number of aliphatic carboxylic acids is 1. The van der Waals surface area contributed by atoms with E-state index < -0.39 is 222 Å². The summed E-state index contributed by atoms with van der Waals surface area (Å²) < 4.78 is 57.5. The van der Waals surface area contributed by atoms with E-state index in [1.807, 2.05) is 0 Å². The van der Waals surface area contributed by atoms with Crippen LogP contribution in [0, 0.1) is 0 Å². The number of amides is 3. The Hall–Kier alpha value is -3.12. The number of hydrogen-bond donors (Lipinski definition) is 19. The molecule has 33 nitrogen and oxygen atoms in total. The quantitative estimate of drug-likeness (QED) is 0.0423. The van der Waals surface area contributed by atoms with E-state index in [0.29, 0.717) is 6.42 Å². The summed E-state index contributed by atoms with van der Waals surface area (Å²) in [6, 6.07) is -4.71. The van der Waals surface area contributed by atoms with Crippen LogP contribution in [0.2, 0.25) is 0 Å². The standard InChI is InChI=1S/C42H72N4O29/c1-13(51)44-22-16(54)7-42(41(64)65,75-35(22)25(56)17(55)8-47)67-12-21-26(57)30(61)31(62)39(71-21)72-34-20(11-50)70-38(24(29(34)60)46-15(3)53)74-36-27(58)18(9-48)68-40(32(36)63)73-33-19(10-49)69-37(66-6-4-5-43)23(28(33)59)45-14(2)52/h16-40,47-50,54-63H,4-12,43H2,1-3H3,(H,44,51)(H,45,52)(H,46,53)(H,64,65). The molecule has 5 saturated heterocycles. The van der Waals surface area contributed by atoms with Gasteiger partial charge in [0.15, 0.2) is 25.2 Å². The first-order valence-electron chi connectivity index (χ1n) is 23.9. The number of ether oxygens (including phenoxy) is 10. The molecule has 5 aliphatic rings. The highest BCUT2D eigenvalue weighted by Crippen LogP contribution is 2.37. The number of aliphatic hydroxyl groups is 14. The fourth-order valence-corrected chi connectivity index (χ4v) is 9.24. The molecule has 5 fully saturated rings. The van der Waals surface area contributed by atoms with Crippen LogP contribution in [0.4, 0.5) is 0 Å². The van der Waals surface area contributed by atoms with Gasteiger partial charge in [0, 0.05) is 27.2 Å². The van der Waals surface area contributed by atoms with Crippen LogP contribution in [0.25, 0.3) is 0 Å². The molecule has 3 amide bonds. The number of nitrogens with two attached hydrogens (primary N) is 1. The molecule has 0 aliphatic carbocycles. The fourth-order valence-electron chi connectivity index (χ4n) is 9.24. The van der Waals surface area contributed by atoms with Gasteiger partial charge in [0.1, 0.15) is 116 Å². The normalized spacial score (nSPS) is 43.3. The van der Waals surface area contributed by atoms with Gasteiger partial charge in [0.05, 0.1) is 51.8 Å². The van der Waals surface area contributed by atoms with Gasteiger partial charge in [-0.15, -0.1) is 0 Å². The van der Waals surface area contributed by atoms with Crippen LogP contribution in [0.5, 0.6) is 0 Å². The highest BCUT2D eigenvalue weighted by molar-refractivity contribution is 5.77. The number of hydrogen-bond acceptors (Lipinski definition) is 29. The van der Waals surface area contributed by atoms with Gasteiger partial charge in [-0.3, -0.25) is 14.4 Å². The zero-order valence-corrected chi connectivity index (χ0v) is 40.8. The molecule has 33 heteroatoms. The van der Waals surface area contributed by atoms with E-state index in [1.165, 1.54) is 0 Å². The van der Waals surface area contributed by atoms with Crippen molar-refractivity contribution in [2.75, 3.05) is 46.2 Å². The lowest BCUT2D eigenvalue weighted by Crippen LogP contribution is -2.70. The second-order valence-corrected chi connectivity index (χ2v) is 18.6. The Morgan fingerprint density at radius 1 is 0.600 bits per heavy atom. The zero-order valence-electron chi connectivity index (χ0n) is 40.8. The Morgan fingerprint density at radius 3 is 1.59 bits per heavy atom. The molecule has 0 spiro atoms. The topological polar surface area (TPSA) is 526 Å². The first-order chi connectivity index (χ1) is 35.4. The summed E-state index contributed by atoms with van der Waals surface area (Å²) in [6.45, 7) is -1.65. The van der Waals surface area contributed by atoms with Crippen molar-refractivity contribution in [3.05, 3.63) is 0 Å². The average Bonchev–Trinajstić information content (AvgIpc) is 3.36. The van der Waals surface area contributed by atoms with E-state index in [0.717, 1.165) is 20.8 Å². The molecule has 5 aliphatic heterocycles. The number of carboxylic acids is 1. The summed E-state index contributed by atoms with van der Waals surface area (Å²) in [5.41, 5.74) is 5.54. The molecule has 75 heavy (non-hydrogen) atoms. The van der Waals surface area contributed by atoms with Gasteiger partial charge >= 0.3 is 5.97 Å². The fraction of sp³-hybridized carbons (Fsp3) is 0.905. The van der Waals surface area contributed by atoms with Crippen molar-refractivity contribution < 1.29 is 143 Å². The van der Waals surface area contributed by atoms with Gasteiger partial charge in [-0.1, -0.05) is 0 Å². The lowest BCUT2D eigenvalue weighted by atomic mass is 9.88. The van der Waals surface area contributed by atoms with Crippen LogP contribution in [0.1, 0.15) is 33.6 Å². The Bertz CT molecular complexity index is 1850. The van der Waals surface area contributed by atoms with Gasteiger partial charge in [-0.25, -0.2) is 4.79 Å². The summed E-state index contributed by atoms with van der Waals surface area (Å²) in [5, 5.41) is 169. The second kappa shape index (κ2) is 27.7. The minimum absolute atomic E-state index is 0.0227. The third-order valence-corrected chi connectivity index (χ3v) is 13.1. The van der Waals surface area contributed by atoms with Crippen LogP contribution in [-0.2, 0) is 66.5 Å². The Kier molecular flexibility index (Phi) is 23.1. The minimum Gasteiger partial charge on any atom is -0.477 e. The van der Waals surface area contributed by atoms with Crippen LogP contribution in [-0.4, -0.2) is 305 Å². The average molecular weight is 1100 g/mol. The minimum atomic E-state index is -2.96. The Labute approximate surface area is 426 Å². The molecule has 0 aromatic rings. The predicted molar refractivity (Wildman–Crippen MR) is 236 cm³/mol. The maximum atomic E-state index is 12.7. The van der Waals surface area contributed by atoms with Crippen molar-refractivity contribution in [2.24, 2.45) is 5.73 Å². The summed E-state index contributed by atoms with van der Waals surface area (Å²) >= 11 is 0. The molecule has 0 aromatic carbocycles. The monoisotopic (exact) mass is 1100 g/mol. The summed E-state index contributed by atoms with van der Waals surface area (Å²) in [7, 11) is 0. The van der Waals surface area contributed by atoms with Crippen LogP contribution >= 0.6 is 0 Å². The maximum absolute atomic E-state index is 12.7. The highest BCUT2D eigenvalue weighted by atomic mass is 16.8. The molecule has 434 valence electrons. The van der Waals surface area contributed by atoms with Crippen LogP contribution in [0.15, 0.2) is 0 Å². The smallest absolute Gasteiger partial charge is 0.364 e. The number of carbonyl (C=O) groups excluding carboxylic acids is 3. The van der Waals surface area contributed by atoms with E-state index in [1.54, 1.807) is 0 Å². The van der Waals surface area contributed by atoms with Gasteiger partial charge in [-0.2, -0.15) is 0 Å². The van der Waals surface area contributed by atoms with E-state index in [4.69, 9.17) is 53.1 Å². The maximum Gasteiger partial charge on any atom is 0.364 e. The molecule has 5 rings (SSSR count). The van der Waals surface area contributed by atoms with Crippen molar-refractivity contribution in [2.45, 2.75) is 193 Å². The first kappa shape index (κ1) is 62.7. The van der Waals surface area contributed by atoms with E-state index in [9.17, 15) is 95.8 Å². The molecule has 0 bridgehead atoms. The lowest BCUT2D eigenvalue weighted by Gasteiger charge is -2.50. The number of rotatable bonds is 23. The van der Waals surface area contributed by atoms with E-state index in [2.05, 4.69) is 16.0 Å². The van der Waals surface area contributed by atoms with Crippen molar-refractivity contribution in [1.82, 2.24) is 16.0 Å². The molecule has 26 unspecified atom stereocenters. The SMILES string of the molecule is CC(=O)NC1C(OC2C(O)C(CO)OC(OC3C(CO)OC(OCCCN)C(NC(C)=O)C3O)C2O)OC(CO)C(OC2OC(COC3(C(=O)O)CC(O)C(NC(C)=O)C(C(O)C(O)CO)O3)C(O)C(O)C2O)C1O. The third kappa shape index (κ3) is 14.6. The predicted octanol–water partition coefficient (Wildman–Crippen LogP) is -11.9. The van der Waals surface area contributed by atoms with Gasteiger partial charge < -0.3 is 146 Å². The summed E-state index contributed by atoms with van der Waals surface area (Å²) in [5.74, 6) is -7.19. The molecular weight excluding hydrogens is 1020 g/mol. The van der Waals surface area contributed by atoms with Crippen molar-refractivity contribution >= 4 is 23.7 Å². The molecule has 20 N–H and O–H groups in total. The molecule has 0 aromatic heterocycles. The molecule has 26 atom stereocenters. The summed E-state index contributed by atoms with van der Waals surface area (Å²) in [6.07, 6.45) is -42.8. The molecule has 0 saturated carbocycles. The highest BCUT2D eigenvalue weighted by Gasteiger charge is 2.59. The number of nitrogens with one attached hydrogen (secondary N) is 3. The second-order valence-electron chi connectivity index (χ2n) is 18.6. The zero-order chi connectivity index (χ0) is 55.8. The lowest BCUT2D eigenvalue weighted by molar-refractivity contribution is -0.379. The van der Waals surface area contributed by atoms with E-state index >= 15 is 0 Å². The molecule has 5 heterocycles. The third-order valence-electron chi connectivity index (χ3n) is 13.1. The van der Waals surface area contributed by atoms with Gasteiger partial charge in [0.25, 0.3) is 5.79 Å².